The van der Waals surface area contributed by atoms with Gasteiger partial charge in [0.15, 0.2) is 0 Å². The Hall–Kier alpha value is -1.84. The normalized spacial score (nSPS) is 20.2. The van der Waals surface area contributed by atoms with Crippen molar-refractivity contribution >= 4 is 17.6 Å². The molecule has 0 radical (unpaired) electrons. The Balaban J connectivity index is 2.09. The van der Waals surface area contributed by atoms with Gasteiger partial charge < -0.3 is 10.4 Å². The lowest BCUT2D eigenvalue weighted by Crippen LogP contribution is -2.18. The molecule has 1 amide bonds. The first-order valence-corrected chi connectivity index (χ1v) is 6.01. The molecule has 2 rings (SSSR count). The molecular formula is C14H17NO3. The van der Waals surface area contributed by atoms with Crippen LogP contribution in [0.3, 0.4) is 0 Å². The number of carboxylic acids is 1. The first-order valence-electron chi connectivity index (χ1n) is 6.01. The van der Waals surface area contributed by atoms with E-state index >= 15 is 0 Å². The highest BCUT2D eigenvalue weighted by Crippen LogP contribution is 2.52. The minimum atomic E-state index is -0.900. The summed E-state index contributed by atoms with van der Waals surface area (Å²) in [5, 5.41) is 11.6. The maximum atomic E-state index is 12.0. The van der Waals surface area contributed by atoms with E-state index in [-0.39, 0.29) is 23.7 Å². The molecule has 2 N–H and O–H groups in total. The number of para-hydroxylation sites is 1. The van der Waals surface area contributed by atoms with Crippen molar-refractivity contribution < 1.29 is 14.7 Å². The van der Waals surface area contributed by atoms with E-state index in [9.17, 15) is 9.59 Å². The average Bonchev–Trinajstić information content (AvgIpc) is 2.90. The van der Waals surface area contributed by atoms with Gasteiger partial charge in [-0.05, 0) is 23.5 Å². The molecule has 1 aliphatic rings. The van der Waals surface area contributed by atoms with Crippen molar-refractivity contribution in [2.45, 2.75) is 26.7 Å². The number of carbonyl (C=O) groups is 2. The minimum Gasteiger partial charge on any atom is -0.481 e. The van der Waals surface area contributed by atoms with Crippen LogP contribution in [0.25, 0.3) is 0 Å². The third kappa shape index (κ3) is 2.70. The second-order valence-corrected chi connectivity index (χ2v) is 5.46. The Morgan fingerprint density at radius 1 is 1.39 bits per heavy atom. The number of aliphatic carboxylic acids is 1. The number of nitrogens with one attached hydrogen (secondary N) is 1. The summed E-state index contributed by atoms with van der Waals surface area (Å²) in [7, 11) is 0. The summed E-state index contributed by atoms with van der Waals surface area (Å²) in [4.78, 5) is 22.7. The lowest BCUT2D eigenvalue weighted by molar-refractivity contribution is -0.136. The summed E-state index contributed by atoms with van der Waals surface area (Å²) in [5.74, 6) is -0.878. The molecule has 1 aromatic rings. The van der Waals surface area contributed by atoms with Gasteiger partial charge in [0.25, 0.3) is 0 Å². The van der Waals surface area contributed by atoms with E-state index in [4.69, 9.17) is 5.11 Å². The van der Waals surface area contributed by atoms with Crippen molar-refractivity contribution in [2.24, 2.45) is 11.3 Å². The van der Waals surface area contributed by atoms with Crippen molar-refractivity contribution in [1.29, 1.82) is 0 Å². The molecule has 0 aliphatic heterocycles. The third-order valence-corrected chi connectivity index (χ3v) is 3.45. The Labute approximate surface area is 106 Å². The molecule has 0 aromatic heterocycles. The van der Waals surface area contributed by atoms with Crippen LogP contribution >= 0.6 is 0 Å². The largest absolute Gasteiger partial charge is 0.481 e. The molecule has 1 aliphatic carbocycles. The summed E-state index contributed by atoms with van der Waals surface area (Å²) in [6.45, 7) is 4.11. The molecule has 4 heteroatoms. The van der Waals surface area contributed by atoms with Crippen LogP contribution in [0, 0.1) is 11.3 Å². The molecule has 0 heterocycles. The second-order valence-electron chi connectivity index (χ2n) is 5.46. The number of carboxylic acid groups (broad SMARTS) is 1. The molecule has 0 unspecified atom stereocenters. The van der Waals surface area contributed by atoms with Crippen molar-refractivity contribution in [1.82, 2.24) is 0 Å². The molecule has 0 bridgehead atoms. The minimum absolute atomic E-state index is 0.0159. The number of benzene rings is 1. The van der Waals surface area contributed by atoms with Crippen molar-refractivity contribution in [2.75, 3.05) is 5.32 Å². The SMILES string of the molecule is CC1(C)C[C@@H]1C(=O)Nc1ccccc1CC(=O)O. The predicted molar refractivity (Wildman–Crippen MR) is 68.3 cm³/mol. The zero-order valence-corrected chi connectivity index (χ0v) is 10.6. The monoisotopic (exact) mass is 247 g/mol. The molecule has 1 aromatic carbocycles. The Morgan fingerprint density at radius 2 is 2.00 bits per heavy atom. The van der Waals surface area contributed by atoms with Gasteiger partial charge in [-0.1, -0.05) is 32.0 Å². The van der Waals surface area contributed by atoms with E-state index in [1.54, 1.807) is 24.3 Å². The smallest absolute Gasteiger partial charge is 0.307 e. The van der Waals surface area contributed by atoms with Gasteiger partial charge in [0.1, 0.15) is 0 Å². The Kier molecular flexibility index (Phi) is 3.11. The van der Waals surface area contributed by atoms with Crippen LogP contribution in [-0.2, 0) is 16.0 Å². The standard InChI is InChI=1S/C14H17NO3/c1-14(2)8-10(14)13(18)15-11-6-4-3-5-9(11)7-12(16)17/h3-6,10H,7-8H2,1-2H3,(H,15,18)(H,16,17)/t10-/m1/s1. The number of rotatable bonds is 4. The molecule has 4 nitrogen and oxygen atoms in total. The van der Waals surface area contributed by atoms with E-state index < -0.39 is 5.97 Å². The quantitative estimate of drug-likeness (QED) is 0.858. The molecule has 1 saturated carbocycles. The number of amides is 1. The van der Waals surface area contributed by atoms with Gasteiger partial charge in [-0.15, -0.1) is 0 Å². The van der Waals surface area contributed by atoms with Crippen LogP contribution in [0.2, 0.25) is 0 Å². The maximum absolute atomic E-state index is 12.0. The van der Waals surface area contributed by atoms with Gasteiger partial charge in [-0.2, -0.15) is 0 Å². The van der Waals surface area contributed by atoms with Crippen LogP contribution in [0.4, 0.5) is 5.69 Å². The van der Waals surface area contributed by atoms with Crippen LogP contribution < -0.4 is 5.32 Å². The fourth-order valence-corrected chi connectivity index (χ4v) is 2.09. The molecule has 96 valence electrons. The van der Waals surface area contributed by atoms with E-state index in [1.807, 2.05) is 0 Å². The number of anilines is 1. The van der Waals surface area contributed by atoms with Gasteiger partial charge in [-0.25, -0.2) is 0 Å². The van der Waals surface area contributed by atoms with Crippen LogP contribution in [-0.4, -0.2) is 17.0 Å². The highest BCUT2D eigenvalue weighted by atomic mass is 16.4. The van der Waals surface area contributed by atoms with E-state index in [0.29, 0.717) is 11.3 Å². The molecule has 0 saturated heterocycles. The first kappa shape index (κ1) is 12.6. The third-order valence-electron chi connectivity index (χ3n) is 3.45. The maximum Gasteiger partial charge on any atom is 0.307 e. The summed E-state index contributed by atoms with van der Waals surface area (Å²) in [5.41, 5.74) is 1.32. The number of hydrogen-bond donors (Lipinski definition) is 2. The fourth-order valence-electron chi connectivity index (χ4n) is 2.09. The summed E-state index contributed by atoms with van der Waals surface area (Å²) in [6, 6.07) is 7.03. The van der Waals surface area contributed by atoms with Gasteiger partial charge in [-0.3, -0.25) is 9.59 Å². The van der Waals surface area contributed by atoms with Crippen molar-refractivity contribution in [3.8, 4) is 0 Å². The van der Waals surface area contributed by atoms with Crippen molar-refractivity contribution in [3.63, 3.8) is 0 Å². The highest BCUT2D eigenvalue weighted by molar-refractivity contribution is 5.96. The molecule has 1 atom stereocenters. The van der Waals surface area contributed by atoms with Crippen LogP contribution in [0.1, 0.15) is 25.8 Å². The highest BCUT2D eigenvalue weighted by Gasteiger charge is 2.50. The van der Waals surface area contributed by atoms with Gasteiger partial charge in [0.2, 0.25) is 5.91 Å². The van der Waals surface area contributed by atoms with Gasteiger partial charge >= 0.3 is 5.97 Å². The molecule has 0 spiro atoms. The Morgan fingerprint density at radius 3 is 2.56 bits per heavy atom. The van der Waals surface area contributed by atoms with E-state index in [2.05, 4.69) is 19.2 Å². The van der Waals surface area contributed by atoms with Crippen LogP contribution in [0.5, 0.6) is 0 Å². The zero-order chi connectivity index (χ0) is 13.3. The average molecular weight is 247 g/mol. The Bertz CT molecular complexity index is 494. The summed E-state index contributed by atoms with van der Waals surface area (Å²) < 4.78 is 0. The van der Waals surface area contributed by atoms with Crippen molar-refractivity contribution in [3.05, 3.63) is 29.8 Å². The summed E-state index contributed by atoms with van der Waals surface area (Å²) >= 11 is 0. The first-order chi connectivity index (χ1) is 8.40. The molecular weight excluding hydrogens is 230 g/mol. The lowest BCUT2D eigenvalue weighted by atomic mass is 10.1. The number of carbonyl (C=O) groups excluding carboxylic acids is 1. The van der Waals surface area contributed by atoms with Gasteiger partial charge in [0.05, 0.1) is 6.42 Å². The molecule has 18 heavy (non-hydrogen) atoms. The molecule has 1 fully saturated rings. The number of hydrogen-bond acceptors (Lipinski definition) is 2. The van der Waals surface area contributed by atoms with E-state index in [1.165, 1.54) is 0 Å². The second kappa shape index (κ2) is 4.44. The topological polar surface area (TPSA) is 66.4 Å². The van der Waals surface area contributed by atoms with Gasteiger partial charge in [0, 0.05) is 11.6 Å². The zero-order valence-electron chi connectivity index (χ0n) is 10.6. The lowest BCUT2D eigenvalue weighted by Gasteiger charge is -2.10. The predicted octanol–water partition coefficient (Wildman–Crippen LogP) is 2.30. The fraction of sp³-hybridized carbons (Fsp3) is 0.429. The van der Waals surface area contributed by atoms with Crippen LogP contribution in [0.15, 0.2) is 24.3 Å². The summed E-state index contributed by atoms with van der Waals surface area (Å²) in [6.07, 6.45) is 0.810. The van der Waals surface area contributed by atoms with E-state index in [0.717, 1.165) is 6.42 Å².